The molecule has 3 aromatic rings. The molecule has 1 heterocycles. The van der Waals surface area contributed by atoms with Crippen LogP contribution >= 0.6 is 0 Å². The molecule has 2 aromatic carbocycles. The molecule has 3 rings (SSSR count). The van der Waals surface area contributed by atoms with E-state index in [-0.39, 0.29) is 11.8 Å². The van der Waals surface area contributed by atoms with E-state index < -0.39 is 6.61 Å². The molecule has 0 saturated carbocycles. The number of nitrogens with zero attached hydrogens (tertiary/aromatic N) is 1. The number of benzene rings is 2. The van der Waals surface area contributed by atoms with Gasteiger partial charge >= 0.3 is 6.61 Å². The third-order valence-corrected chi connectivity index (χ3v) is 4.44. The number of aromatic nitrogens is 1. The summed E-state index contributed by atoms with van der Waals surface area (Å²) in [6, 6.07) is 16.7. The zero-order valence-electron chi connectivity index (χ0n) is 15.7. The number of hydrogen-bond acceptors (Lipinski definition) is 4. The maximum absolute atomic E-state index is 12.8. The third-order valence-electron chi connectivity index (χ3n) is 4.44. The molecule has 0 spiro atoms. The Labute approximate surface area is 163 Å². The average molecular weight is 384 g/mol. The van der Waals surface area contributed by atoms with Crippen LogP contribution in [-0.4, -0.2) is 18.7 Å². The van der Waals surface area contributed by atoms with Crippen LogP contribution in [0.15, 0.2) is 67.0 Å². The first-order chi connectivity index (χ1) is 13.6. The fourth-order valence-electron chi connectivity index (χ4n) is 2.93. The van der Waals surface area contributed by atoms with Crippen LogP contribution in [0.1, 0.15) is 24.1 Å². The van der Waals surface area contributed by atoms with Gasteiger partial charge in [0.05, 0.1) is 7.11 Å². The second kappa shape index (κ2) is 9.28. The van der Waals surface area contributed by atoms with Crippen molar-refractivity contribution in [2.75, 3.05) is 7.11 Å². The highest BCUT2D eigenvalue weighted by atomic mass is 19.3. The van der Waals surface area contributed by atoms with Crippen molar-refractivity contribution in [1.82, 2.24) is 10.3 Å². The quantitative estimate of drug-likeness (QED) is 0.579. The third kappa shape index (κ3) is 5.04. The summed E-state index contributed by atoms with van der Waals surface area (Å²) >= 11 is 0. The normalized spacial score (nSPS) is 12.0. The molecular formula is C22H22F2N2O2. The Morgan fingerprint density at radius 2 is 1.93 bits per heavy atom. The molecular weight excluding hydrogens is 362 g/mol. The summed E-state index contributed by atoms with van der Waals surface area (Å²) in [5.74, 6) is 0.936. The Balaban J connectivity index is 1.78. The standard InChI is InChI=1S/C22H22F2N2O2/c1-15(17-5-3-7-19(12-17)27-2)26-13-16-8-9-21(28-22(23)24)20(11-16)18-6-4-10-25-14-18/h3-12,14-15,22,26H,13H2,1-2H3. The zero-order valence-corrected chi connectivity index (χ0v) is 15.7. The fourth-order valence-corrected chi connectivity index (χ4v) is 2.93. The predicted octanol–water partition coefficient (Wildman–Crippen LogP) is 5.21. The molecule has 0 aliphatic carbocycles. The molecule has 1 N–H and O–H groups in total. The van der Waals surface area contributed by atoms with Crippen molar-refractivity contribution in [1.29, 1.82) is 0 Å². The maximum Gasteiger partial charge on any atom is 0.387 e. The number of nitrogens with one attached hydrogen (secondary N) is 1. The molecule has 4 nitrogen and oxygen atoms in total. The Bertz CT molecular complexity index is 904. The van der Waals surface area contributed by atoms with Gasteiger partial charge in [-0.2, -0.15) is 8.78 Å². The van der Waals surface area contributed by atoms with Gasteiger partial charge in [-0.25, -0.2) is 0 Å². The van der Waals surface area contributed by atoms with Crippen LogP contribution in [0.5, 0.6) is 11.5 Å². The molecule has 0 radical (unpaired) electrons. The first-order valence-corrected chi connectivity index (χ1v) is 8.92. The van der Waals surface area contributed by atoms with Crippen molar-refractivity contribution in [2.24, 2.45) is 0 Å². The Morgan fingerprint density at radius 1 is 1.07 bits per heavy atom. The van der Waals surface area contributed by atoms with E-state index in [0.29, 0.717) is 12.1 Å². The van der Waals surface area contributed by atoms with E-state index in [0.717, 1.165) is 22.4 Å². The minimum atomic E-state index is -2.88. The van der Waals surface area contributed by atoms with Gasteiger partial charge in [0.1, 0.15) is 11.5 Å². The Morgan fingerprint density at radius 3 is 2.64 bits per heavy atom. The van der Waals surface area contributed by atoms with Crippen molar-refractivity contribution in [3.63, 3.8) is 0 Å². The molecule has 0 aliphatic heterocycles. The fraction of sp³-hybridized carbons (Fsp3) is 0.227. The first kappa shape index (κ1) is 19.8. The lowest BCUT2D eigenvalue weighted by Crippen LogP contribution is -2.18. The van der Waals surface area contributed by atoms with Gasteiger partial charge in [-0.05, 0) is 48.4 Å². The van der Waals surface area contributed by atoms with Crippen molar-refractivity contribution in [2.45, 2.75) is 26.1 Å². The molecule has 1 atom stereocenters. The summed E-state index contributed by atoms with van der Waals surface area (Å²) in [4.78, 5) is 4.07. The summed E-state index contributed by atoms with van der Waals surface area (Å²) in [7, 11) is 1.64. The SMILES string of the molecule is COc1cccc(C(C)NCc2ccc(OC(F)F)c(-c3cccnc3)c2)c1. The lowest BCUT2D eigenvalue weighted by atomic mass is 10.0. The van der Waals surface area contributed by atoms with E-state index in [1.165, 1.54) is 0 Å². The maximum atomic E-state index is 12.8. The van der Waals surface area contributed by atoms with E-state index >= 15 is 0 Å². The Kier molecular flexibility index (Phi) is 6.55. The van der Waals surface area contributed by atoms with Crippen molar-refractivity contribution in [3.05, 3.63) is 78.1 Å². The largest absolute Gasteiger partial charge is 0.497 e. The van der Waals surface area contributed by atoms with Gasteiger partial charge in [0.25, 0.3) is 0 Å². The molecule has 6 heteroatoms. The summed E-state index contributed by atoms with van der Waals surface area (Å²) in [5, 5.41) is 3.45. The smallest absolute Gasteiger partial charge is 0.387 e. The van der Waals surface area contributed by atoms with Crippen molar-refractivity contribution < 1.29 is 18.3 Å². The van der Waals surface area contributed by atoms with Crippen LogP contribution in [-0.2, 0) is 6.54 Å². The van der Waals surface area contributed by atoms with Gasteiger partial charge < -0.3 is 14.8 Å². The lowest BCUT2D eigenvalue weighted by molar-refractivity contribution is -0.0494. The predicted molar refractivity (Wildman–Crippen MR) is 105 cm³/mol. The van der Waals surface area contributed by atoms with E-state index in [4.69, 9.17) is 4.74 Å². The summed E-state index contributed by atoms with van der Waals surface area (Å²) in [6.45, 7) is -0.251. The van der Waals surface area contributed by atoms with Gasteiger partial charge in [-0.15, -0.1) is 0 Å². The first-order valence-electron chi connectivity index (χ1n) is 8.92. The van der Waals surface area contributed by atoms with Gasteiger partial charge in [0.2, 0.25) is 0 Å². The van der Waals surface area contributed by atoms with Crippen LogP contribution in [0.3, 0.4) is 0 Å². The van der Waals surface area contributed by atoms with Crippen LogP contribution in [0.4, 0.5) is 8.78 Å². The number of ether oxygens (including phenoxy) is 2. The van der Waals surface area contributed by atoms with Gasteiger partial charge in [0.15, 0.2) is 0 Å². The number of rotatable bonds is 8. The molecule has 28 heavy (non-hydrogen) atoms. The number of halogens is 2. The average Bonchev–Trinajstić information content (AvgIpc) is 2.73. The monoisotopic (exact) mass is 384 g/mol. The number of methoxy groups -OCH3 is 1. The van der Waals surface area contributed by atoms with E-state index in [2.05, 4.69) is 22.0 Å². The Hall–Kier alpha value is -2.99. The second-order valence-corrected chi connectivity index (χ2v) is 6.33. The van der Waals surface area contributed by atoms with Crippen LogP contribution in [0.25, 0.3) is 11.1 Å². The van der Waals surface area contributed by atoms with Crippen molar-refractivity contribution >= 4 is 0 Å². The van der Waals surface area contributed by atoms with Crippen LogP contribution < -0.4 is 14.8 Å². The number of pyridine rings is 1. The highest BCUT2D eigenvalue weighted by Gasteiger charge is 2.13. The zero-order chi connectivity index (χ0) is 19.9. The molecule has 0 bridgehead atoms. The molecule has 0 aliphatic rings. The summed E-state index contributed by atoms with van der Waals surface area (Å²) < 4.78 is 35.5. The van der Waals surface area contributed by atoms with Crippen LogP contribution in [0.2, 0.25) is 0 Å². The molecule has 1 aromatic heterocycles. The summed E-state index contributed by atoms with van der Waals surface area (Å²) in [5.41, 5.74) is 3.36. The molecule has 0 fully saturated rings. The van der Waals surface area contributed by atoms with E-state index in [1.807, 2.05) is 36.4 Å². The molecule has 0 amide bonds. The number of alkyl halides is 2. The molecule has 0 saturated heterocycles. The van der Waals surface area contributed by atoms with E-state index in [9.17, 15) is 8.78 Å². The minimum absolute atomic E-state index is 0.0916. The van der Waals surface area contributed by atoms with Crippen LogP contribution in [0, 0.1) is 0 Å². The summed E-state index contributed by atoms with van der Waals surface area (Å²) in [6.07, 6.45) is 3.27. The molecule has 146 valence electrons. The minimum Gasteiger partial charge on any atom is -0.497 e. The van der Waals surface area contributed by atoms with Gasteiger partial charge in [0, 0.05) is 36.1 Å². The molecule has 1 unspecified atom stereocenters. The highest BCUT2D eigenvalue weighted by Crippen LogP contribution is 2.32. The van der Waals surface area contributed by atoms with Crippen molar-refractivity contribution in [3.8, 4) is 22.6 Å². The number of hydrogen-bond donors (Lipinski definition) is 1. The van der Waals surface area contributed by atoms with Gasteiger partial charge in [-0.1, -0.05) is 24.3 Å². The highest BCUT2D eigenvalue weighted by molar-refractivity contribution is 5.70. The second-order valence-electron chi connectivity index (χ2n) is 6.33. The van der Waals surface area contributed by atoms with Gasteiger partial charge in [-0.3, -0.25) is 4.98 Å². The lowest BCUT2D eigenvalue weighted by Gasteiger charge is -2.17. The topological polar surface area (TPSA) is 43.4 Å². The van der Waals surface area contributed by atoms with E-state index in [1.54, 1.807) is 37.7 Å².